The topological polar surface area (TPSA) is 49.4 Å². The summed E-state index contributed by atoms with van der Waals surface area (Å²) < 4.78 is 0. The molecule has 1 N–H and O–H groups in total. The minimum atomic E-state index is 0.0488. The monoisotopic (exact) mass is 302 g/mol. The summed E-state index contributed by atoms with van der Waals surface area (Å²) in [5, 5.41) is 3.09. The Morgan fingerprint density at radius 1 is 1.18 bits per heavy atom. The number of nitrogens with zero attached hydrogens (tertiary/aromatic N) is 1. The van der Waals surface area contributed by atoms with Crippen LogP contribution >= 0.6 is 0 Å². The maximum atomic E-state index is 12.1. The number of nitrogens with one attached hydrogen (secondary N) is 1. The minimum Gasteiger partial charge on any atom is -0.353 e. The molecule has 0 aliphatic carbocycles. The van der Waals surface area contributed by atoms with Crippen molar-refractivity contribution < 1.29 is 9.59 Å². The number of aryl methyl sites for hydroxylation is 1. The van der Waals surface area contributed by atoms with Gasteiger partial charge in [0.15, 0.2) is 0 Å². The van der Waals surface area contributed by atoms with Crippen LogP contribution in [0, 0.1) is 12.8 Å². The normalized spacial score (nSPS) is 15.9. The average molecular weight is 302 g/mol. The molecule has 1 fully saturated rings. The van der Waals surface area contributed by atoms with Gasteiger partial charge in [-0.2, -0.15) is 0 Å². The number of carbonyl (C=O) groups excluding carboxylic acids is 2. The molecule has 1 aliphatic rings. The van der Waals surface area contributed by atoms with Crippen molar-refractivity contribution in [2.75, 3.05) is 13.1 Å². The van der Waals surface area contributed by atoms with Gasteiger partial charge in [-0.25, -0.2) is 0 Å². The number of piperidine rings is 1. The van der Waals surface area contributed by atoms with Gasteiger partial charge in [-0.3, -0.25) is 9.59 Å². The van der Waals surface area contributed by atoms with Crippen LogP contribution in [0.1, 0.15) is 37.8 Å². The van der Waals surface area contributed by atoms with Gasteiger partial charge < -0.3 is 10.2 Å². The molecular weight excluding hydrogens is 276 g/mol. The number of hydrogen-bond acceptors (Lipinski definition) is 2. The molecule has 1 heterocycles. The maximum absolute atomic E-state index is 12.1. The number of likely N-dealkylation sites (tertiary alicyclic amines) is 1. The van der Waals surface area contributed by atoms with E-state index in [1.807, 2.05) is 49.9 Å². The first-order chi connectivity index (χ1) is 10.5. The average Bonchev–Trinajstić information content (AvgIpc) is 2.49. The molecule has 1 aromatic carbocycles. The predicted octanol–water partition coefficient (Wildman–Crippen LogP) is 2.30. The van der Waals surface area contributed by atoms with E-state index in [-0.39, 0.29) is 23.8 Å². The molecule has 1 aromatic rings. The summed E-state index contributed by atoms with van der Waals surface area (Å²) in [5.41, 5.74) is 2.24. The summed E-state index contributed by atoms with van der Waals surface area (Å²) in [6.45, 7) is 7.38. The van der Waals surface area contributed by atoms with Crippen molar-refractivity contribution >= 4 is 11.8 Å². The molecule has 0 saturated carbocycles. The molecule has 0 unspecified atom stereocenters. The predicted molar refractivity (Wildman–Crippen MR) is 87.5 cm³/mol. The first kappa shape index (κ1) is 16.5. The lowest BCUT2D eigenvalue weighted by Crippen LogP contribution is -2.47. The number of rotatable bonds is 4. The van der Waals surface area contributed by atoms with Gasteiger partial charge in [-0.1, -0.05) is 43.7 Å². The first-order valence-corrected chi connectivity index (χ1v) is 8.09. The van der Waals surface area contributed by atoms with E-state index < -0.39 is 0 Å². The summed E-state index contributed by atoms with van der Waals surface area (Å²) in [7, 11) is 0. The molecule has 0 aromatic heterocycles. The Hall–Kier alpha value is -1.84. The molecule has 0 atom stereocenters. The smallest absolute Gasteiger partial charge is 0.225 e. The highest BCUT2D eigenvalue weighted by Crippen LogP contribution is 2.13. The van der Waals surface area contributed by atoms with E-state index >= 15 is 0 Å². The van der Waals surface area contributed by atoms with Crippen LogP contribution in [0.5, 0.6) is 0 Å². The van der Waals surface area contributed by atoms with Gasteiger partial charge in [0.2, 0.25) is 11.8 Å². The summed E-state index contributed by atoms with van der Waals surface area (Å²) in [6, 6.07) is 8.24. The highest BCUT2D eigenvalue weighted by atomic mass is 16.2. The van der Waals surface area contributed by atoms with Crippen molar-refractivity contribution in [2.24, 2.45) is 5.92 Å². The van der Waals surface area contributed by atoms with Gasteiger partial charge in [0.1, 0.15) is 0 Å². The molecule has 2 amide bonds. The Balaban J connectivity index is 1.77. The quantitative estimate of drug-likeness (QED) is 0.928. The third-order valence-corrected chi connectivity index (χ3v) is 4.15. The van der Waals surface area contributed by atoms with E-state index in [1.165, 1.54) is 5.56 Å². The maximum Gasteiger partial charge on any atom is 0.225 e. The van der Waals surface area contributed by atoms with E-state index in [0.717, 1.165) is 31.5 Å². The molecule has 1 saturated heterocycles. The molecule has 0 spiro atoms. The van der Waals surface area contributed by atoms with Gasteiger partial charge in [0, 0.05) is 25.0 Å². The Morgan fingerprint density at radius 2 is 1.77 bits per heavy atom. The van der Waals surface area contributed by atoms with E-state index in [0.29, 0.717) is 6.42 Å². The highest BCUT2D eigenvalue weighted by Gasteiger charge is 2.24. The third kappa shape index (κ3) is 4.58. The van der Waals surface area contributed by atoms with Crippen LogP contribution < -0.4 is 5.32 Å². The van der Waals surface area contributed by atoms with Crippen LogP contribution in [0.15, 0.2) is 24.3 Å². The minimum absolute atomic E-state index is 0.0488. The fraction of sp³-hybridized carbons (Fsp3) is 0.556. The van der Waals surface area contributed by atoms with Gasteiger partial charge in [-0.05, 0) is 25.3 Å². The third-order valence-electron chi connectivity index (χ3n) is 4.15. The summed E-state index contributed by atoms with van der Waals surface area (Å²) in [4.78, 5) is 25.9. The van der Waals surface area contributed by atoms with Crippen LogP contribution in [-0.2, 0) is 16.0 Å². The second-order valence-corrected chi connectivity index (χ2v) is 6.48. The Kier molecular flexibility index (Phi) is 5.58. The fourth-order valence-electron chi connectivity index (χ4n) is 2.78. The molecule has 0 radical (unpaired) electrons. The Morgan fingerprint density at radius 3 is 2.32 bits per heavy atom. The SMILES string of the molecule is Cc1ccc(CC(=O)NC2CCN(C(=O)C(C)C)CC2)cc1. The van der Waals surface area contributed by atoms with Crippen LogP contribution in [-0.4, -0.2) is 35.8 Å². The van der Waals surface area contributed by atoms with E-state index in [1.54, 1.807) is 0 Å². The molecule has 0 bridgehead atoms. The van der Waals surface area contributed by atoms with Crippen molar-refractivity contribution in [1.82, 2.24) is 10.2 Å². The van der Waals surface area contributed by atoms with Gasteiger partial charge in [-0.15, -0.1) is 0 Å². The van der Waals surface area contributed by atoms with Crippen molar-refractivity contribution in [1.29, 1.82) is 0 Å². The largest absolute Gasteiger partial charge is 0.353 e. The molecule has 4 heteroatoms. The molecule has 120 valence electrons. The van der Waals surface area contributed by atoms with Crippen LogP contribution in [0.4, 0.5) is 0 Å². The molecule has 2 rings (SSSR count). The van der Waals surface area contributed by atoms with Crippen molar-refractivity contribution in [3.05, 3.63) is 35.4 Å². The number of carbonyl (C=O) groups is 2. The first-order valence-electron chi connectivity index (χ1n) is 8.09. The Labute approximate surface area is 132 Å². The van der Waals surface area contributed by atoms with Crippen molar-refractivity contribution in [3.63, 3.8) is 0 Å². The van der Waals surface area contributed by atoms with Gasteiger partial charge in [0.05, 0.1) is 6.42 Å². The number of benzene rings is 1. The summed E-state index contributed by atoms with van der Waals surface area (Å²) in [6.07, 6.45) is 2.11. The van der Waals surface area contributed by atoms with E-state index in [9.17, 15) is 9.59 Å². The standard InChI is InChI=1S/C18H26N2O2/c1-13(2)18(22)20-10-8-16(9-11-20)19-17(21)12-15-6-4-14(3)5-7-15/h4-7,13,16H,8-12H2,1-3H3,(H,19,21). The van der Waals surface area contributed by atoms with Crippen LogP contribution in [0.3, 0.4) is 0 Å². The van der Waals surface area contributed by atoms with E-state index in [4.69, 9.17) is 0 Å². The zero-order valence-electron chi connectivity index (χ0n) is 13.8. The molecule has 22 heavy (non-hydrogen) atoms. The summed E-state index contributed by atoms with van der Waals surface area (Å²) >= 11 is 0. The molecule has 4 nitrogen and oxygen atoms in total. The van der Waals surface area contributed by atoms with Crippen LogP contribution in [0.2, 0.25) is 0 Å². The zero-order chi connectivity index (χ0) is 16.1. The molecular formula is C18H26N2O2. The fourth-order valence-corrected chi connectivity index (χ4v) is 2.78. The number of amides is 2. The van der Waals surface area contributed by atoms with Gasteiger partial charge in [0.25, 0.3) is 0 Å². The lowest BCUT2D eigenvalue weighted by atomic mass is 10.0. The zero-order valence-corrected chi connectivity index (χ0v) is 13.8. The molecule has 1 aliphatic heterocycles. The Bertz CT molecular complexity index is 514. The second kappa shape index (κ2) is 7.43. The van der Waals surface area contributed by atoms with Crippen molar-refractivity contribution in [3.8, 4) is 0 Å². The highest BCUT2D eigenvalue weighted by molar-refractivity contribution is 5.79. The lowest BCUT2D eigenvalue weighted by molar-refractivity contribution is -0.135. The van der Waals surface area contributed by atoms with Crippen LogP contribution in [0.25, 0.3) is 0 Å². The van der Waals surface area contributed by atoms with E-state index in [2.05, 4.69) is 5.32 Å². The summed E-state index contributed by atoms with van der Waals surface area (Å²) in [5.74, 6) is 0.328. The van der Waals surface area contributed by atoms with Gasteiger partial charge >= 0.3 is 0 Å². The second-order valence-electron chi connectivity index (χ2n) is 6.48. The number of hydrogen-bond donors (Lipinski definition) is 1. The van der Waals surface area contributed by atoms with Crippen molar-refractivity contribution in [2.45, 2.75) is 46.1 Å². The lowest BCUT2D eigenvalue weighted by Gasteiger charge is -2.33.